The summed E-state index contributed by atoms with van der Waals surface area (Å²) in [4.78, 5) is 27.5. The van der Waals surface area contributed by atoms with Crippen LogP contribution in [0, 0.1) is 0 Å². The minimum Gasteiger partial charge on any atom is -0.307 e. The predicted molar refractivity (Wildman–Crippen MR) is 130 cm³/mol. The van der Waals surface area contributed by atoms with Gasteiger partial charge < -0.3 is 10.2 Å². The Labute approximate surface area is 195 Å². The maximum absolute atomic E-state index is 12.2. The molecule has 1 unspecified atom stereocenters. The van der Waals surface area contributed by atoms with Crippen molar-refractivity contribution in [1.29, 1.82) is 0 Å². The molecule has 3 aromatic rings. The highest BCUT2D eigenvalue weighted by molar-refractivity contribution is 9.10. The topological polar surface area (TPSA) is 71.0 Å². The van der Waals surface area contributed by atoms with Crippen LogP contribution in [-0.2, 0) is 11.2 Å². The average Bonchev–Trinajstić information content (AvgIpc) is 2.74. The van der Waals surface area contributed by atoms with Crippen molar-refractivity contribution in [2.75, 3.05) is 26.0 Å². The molecule has 1 N–H and O–H groups in total. The van der Waals surface area contributed by atoms with E-state index in [0.29, 0.717) is 17.4 Å². The smallest absolute Gasteiger partial charge is 0.249 e. The number of nitrogens with zero attached hydrogens (tertiary/aromatic N) is 4. The first-order chi connectivity index (χ1) is 14.9. The highest BCUT2D eigenvalue weighted by Crippen LogP contribution is 2.31. The Balaban J connectivity index is 1.87. The first-order valence-corrected chi connectivity index (χ1v) is 11.2. The zero-order valence-electron chi connectivity index (χ0n) is 17.8. The van der Waals surface area contributed by atoms with E-state index in [4.69, 9.17) is 11.6 Å². The number of carbonyl (C=O) groups excluding carboxylic acids is 1. The van der Waals surface area contributed by atoms with E-state index >= 15 is 0 Å². The largest absolute Gasteiger partial charge is 0.307 e. The van der Waals surface area contributed by atoms with E-state index in [-0.39, 0.29) is 11.8 Å². The van der Waals surface area contributed by atoms with Gasteiger partial charge in [0, 0.05) is 28.4 Å². The summed E-state index contributed by atoms with van der Waals surface area (Å²) in [6.45, 7) is 2.83. The van der Waals surface area contributed by atoms with Gasteiger partial charge in [0.05, 0.1) is 22.4 Å². The molecule has 0 saturated heterocycles. The molecule has 0 radical (unpaired) electrons. The fourth-order valence-corrected chi connectivity index (χ4v) is 3.84. The summed E-state index contributed by atoms with van der Waals surface area (Å²) in [5, 5.41) is 4.41. The molecule has 2 heterocycles. The van der Waals surface area contributed by atoms with Crippen molar-refractivity contribution in [3.05, 3.63) is 69.7 Å². The molecule has 1 aromatic carbocycles. The first-order valence-electron chi connectivity index (χ1n) is 10.0. The minimum absolute atomic E-state index is 0.185. The molecule has 1 amide bonds. The maximum Gasteiger partial charge on any atom is 0.249 e. The molecule has 0 spiro atoms. The Bertz CT molecular complexity index is 1100. The van der Waals surface area contributed by atoms with Crippen molar-refractivity contribution in [2.45, 2.75) is 25.7 Å². The van der Waals surface area contributed by atoms with Crippen molar-refractivity contribution in [1.82, 2.24) is 19.9 Å². The van der Waals surface area contributed by atoms with Crippen molar-refractivity contribution in [3.8, 4) is 0 Å². The average molecular weight is 503 g/mol. The van der Waals surface area contributed by atoms with E-state index in [1.54, 1.807) is 12.5 Å². The fraction of sp³-hybridized carbons (Fsp3) is 0.304. The van der Waals surface area contributed by atoms with Crippen LogP contribution < -0.4 is 5.32 Å². The lowest BCUT2D eigenvalue weighted by molar-refractivity contribution is -0.111. The van der Waals surface area contributed by atoms with E-state index in [2.05, 4.69) is 43.1 Å². The molecular weight excluding hydrogens is 478 g/mol. The van der Waals surface area contributed by atoms with Crippen molar-refractivity contribution in [2.24, 2.45) is 0 Å². The highest BCUT2D eigenvalue weighted by atomic mass is 79.9. The summed E-state index contributed by atoms with van der Waals surface area (Å²) in [5.74, 6) is 0.446. The maximum atomic E-state index is 12.2. The third kappa shape index (κ3) is 6.32. The minimum atomic E-state index is -0.217. The number of aromatic nitrogens is 3. The molecule has 0 aliphatic rings. The van der Waals surface area contributed by atoms with Crippen LogP contribution in [0.4, 0.5) is 5.82 Å². The zero-order valence-corrected chi connectivity index (χ0v) is 20.1. The number of pyridine rings is 1. The number of anilines is 1. The molecule has 0 aliphatic carbocycles. The van der Waals surface area contributed by atoms with Crippen LogP contribution in [-0.4, -0.2) is 46.4 Å². The van der Waals surface area contributed by atoms with Gasteiger partial charge in [0.25, 0.3) is 0 Å². The lowest BCUT2D eigenvalue weighted by atomic mass is 9.91. The van der Waals surface area contributed by atoms with E-state index < -0.39 is 0 Å². The van der Waals surface area contributed by atoms with E-state index in [9.17, 15) is 4.79 Å². The molecular formula is C23H25BrClN5O. The van der Waals surface area contributed by atoms with Crippen molar-refractivity contribution in [3.63, 3.8) is 0 Å². The van der Waals surface area contributed by atoms with Gasteiger partial charge >= 0.3 is 0 Å². The van der Waals surface area contributed by atoms with Crippen LogP contribution in [0.5, 0.6) is 0 Å². The highest BCUT2D eigenvalue weighted by Gasteiger charge is 2.17. The van der Waals surface area contributed by atoms with Gasteiger partial charge in [-0.05, 0) is 66.6 Å². The summed E-state index contributed by atoms with van der Waals surface area (Å²) in [6.07, 6.45) is 8.29. The summed E-state index contributed by atoms with van der Waals surface area (Å²) in [7, 11) is 3.89. The standard InChI is InChI=1S/C23H25BrClN5O/c1-4-16(10-15-7-8-19(25)18(24)11-15)23-17-12-21(26-13-20(17)27-14-28-23)29-22(31)6-5-9-30(2)3/h5-8,11-14,16H,4,9-10H2,1-3H3,(H,26,29,31)/b6-5+. The van der Waals surface area contributed by atoms with E-state index in [1.165, 1.54) is 11.6 Å². The molecule has 3 rings (SSSR count). The molecule has 0 bridgehead atoms. The third-order valence-corrected chi connectivity index (χ3v) is 6.10. The molecule has 31 heavy (non-hydrogen) atoms. The molecule has 0 fully saturated rings. The molecule has 0 saturated carbocycles. The Morgan fingerprint density at radius 3 is 2.77 bits per heavy atom. The molecule has 162 valence electrons. The summed E-state index contributed by atoms with van der Waals surface area (Å²) < 4.78 is 0.880. The zero-order chi connectivity index (χ0) is 22.4. The Kier molecular flexibility index (Phi) is 8.12. The normalized spacial score (nSPS) is 12.6. The monoisotopic (exact) mass is 501 g/mol. The van der Waals surface area contributed by atoms with Crippen LogP contribution in [0.15, 0.2) is 53.4 Å². The van der Waals surface area contributed by atoms with E-state index in [1.807, 2.05) is 49.3 Å². The third-order valence-electron chi connectivity index (χ3n) is 4.89. The number of fused-ring (bicyclic) bond motifs is 1. The Hall–Kier alpha value is -2.35. The molecule has 6 nitrogen and oxygen atoms in total. The number of likely N-dealkylation sites (N-methyl/N-ethyl adjacent to an activating group) is 1. The number of hydrogen-bond donors (Lipinski definition) is 1. The number of amides is 1. The second-order valence-electron chi connectivity index (χ2n) is 7.56. The number of rotatable bonds is 8. The first kappa shape index (κ1) is 23.3. The van der Waals surface area contributed by atoms with Gasteiger partial charge in [-0.2, -0.15) is 0 Å². The van der Waals surface area contributed by atoms with Crippen LogP contribution in [0.2, 0.25) is 5.02 Å². The SMILES string of the molecule is CCC(Cc1ccc(Cl)c(Br)c1)c1ncnc2cnc(NC(=O)/C=C/CN(C)C)cc12. The van der Waals surface area contributed by atoms with Crippen LogP contribution in [0.3, 0.4) is 0 Å². The van der Waals surface area contributed by atoms with Gasteiger partial charge in [-0.1, -0.05) is 30.7 Å². The molecule has 2 aromatic heterocycles. The number of benzene rings is 1. The Morgan fingerprint density at radius 1 is 1.26 bits per heavy atom. The fourth-order valence-electron chi connectivity index (χ4n) is 3.30. The van der Waals surface area contributed by atoms with Crippen LogP contribution in [0.25, 0.3) is 10.9 Å². The molecule has 1 atom stereocenters. The van der Waals surface area contributed by atoms with Gasteiger partial charge in [0.1, 0.15) is 12.1 Å². The summed E-state index contributed by atoms with van der Waals surface area (Å²) >= 11 is 9.63. The molecule has 8 heteroatoms. The second kappa shape index (κ2) is 10.8. The predicted octanol–water partition coefficient (Wildman–Crippen LogP) is 5.23. The van der Waals surface area contributed by atoms with Gasteiger partial charge in [-0.15, -0.1) is 0 Å². The van der Waals surface area contributed by atoms with Gasteiger partial charge in [0.15, 0.2) is 0 Å². The van der Waals surface area contributed by atoms with Crippen LogP contribution >= 0.6 is 27.5 Å². The molecule has 0 aliphatic heterocycles. The number of nitrogens with one attached hydrogen (secondary N) is 1. The van der Waals surface area contributed by atoms with Crippen molar-refractivity contribution < 1.29 is 4.79 Å². The number of halogens is 2. The van der Waals surface area contributed by atoms with E-state index in [0.717, 1.165) is 33.9 Å². The summed E-state index contributed by atoms with van der Waals surface area (Å²) in [5.41, 5.74) is 2.87. The lowest BCUT2D eigenvalue weighted by Gasteiger charge is -2.17. The number of carbonyl (C=O) groups is 1. The number of hydrogen-bond acceptors (Lipinski definition) is 5. The van der Waals surface area contributed by atoms with Crippen molar-refractivity contribution >= 4 is 50.2 Å². The van der Waals surface area contributed by atoms with Gasteiger partial charge in [0.2, 0.25) is 5.91 Å². The van der Waals surface area contributed by atoms with Gasteiger partial charge in [-0.3, -0.25) is 4.79 Å². The Morgan fingerprint density at radius 2 is 2.06 bits per heavy atom. The van der Waals surface area contributed by atoms with Gasteiger partial charge in [-0.25, -0.2) is 15.0 Å². The van der Waals surface area contributed by atoms with Crippen LogP contribution in [0.1, 0.15) is 30.5 Å². The second-order valence-corrected chi connectivity index (χ2v) is 8.82. The summed E-state index contributed by atoms with van der Waals surface area (Å²) in [6, 6.07) is 7.82. The lowest BCUT2D eigenvalue weighted by Crippen LogP contribution is -2.13. The quantitative estimate of drug-likeness (QED) is 0.427.